The fourth-order valence-electron chi connectivity index (χ4n) is 0.395. The Balaban J connectivity index is 3.09. The predicted octanol–water partition coefficient (Wildman–Crippen LogP) is 1.09. The van der Waals surface area contributed by atoms with Gasteiger partial charge in [-0.1, -0.05) is 6.92 Å². The lowest BCUT2D eigenvalue weighted by molar-refractivity contribution is 0.145. The summed E-state index contributed by atoms with van der Waals surface area (Å²) in [6, 6.07) is 0. The number of nitrogens with one attached hydrogen (secondary N) is 1. The van der Waals surface area contributed by atoms with Crippen LogP contribution in [0, 0.1) is 0 Å². The summed E-state index contributed by atoms with van der Waals surface area (Å²) in [7, 11) is 0. The van der Waals surface area contributed by atoms with E-state index in [4.69, 9.17) is 0 Å². The van der Waals surface area contributed by atoms with Gasteiger partial charge >= 0.3 is 6.09 Å². The van der Waals surface area contributed by atoms with Gasteiger partial charge in [0, 0.05) is 6.54 Å². The average molecular weight is 149 g/mol. The van der Waals surface area contributed by atoms with Crippen LogP contribution in [-0.2, 0) is 4.74 Å². The van der Waals surface area contributed by atoms with Crippen LogP contribution >= 0.6 is 0 Å². The summed E-state index contributed by atoms with van der Waals surface area (Å²) in [4.78, 5) is 10.5. The highest BCUT2D eigenvalue weighted by atomic mass is 19.1. The average Bonchev–Trinajstić information content (AvgIpc) is 1.97. The molecule has 0 radical (unpaired) electrons. The van der Waals surface area contributed by atoms with E-state index in [0.717, 1.165) is 6.42 Å². The number of alkyl halides is 1. The Morgan fingerprint density at radius 3 is 2.90 bits per heavy atom. The number of carbonyl (C=O) groups is 1. The van der Waals surface area contributed by atoms with Crippen molar-refractivity contribution in [3.63, 3.8) is 0 Å². The van der Waals surface area contributed by atoms with Gasteiger partial charge in [0.05, 0.1) is 6.61 Å². The molecule has 0 aromatic carbocycles. The maximum atomic E-state index is 11.4. The minimum atomic E-state index is -0.554. The lowest BCUT2D eigenvalue weighted by Crippen LogP contribution is -2.26. The summed E-state index contributed by atoms with van der Waals surface area (Å²) < 4.78 is 16.0. The molecule has 1 N–H and O–H groups in total. The molecule has 0 fully saturated rings. The molecule has 60 valence electrons. The quantitative estimate of drug-likeness (QED) is 0.649. The topological polar surface area (TPSA) is 38.3 Å². The zero-order valence-corrected chi connectivity index (χ0v) is 6.02. The lowest BCUT2D eigenvalue weighted by Gasteiger charge is -2.02. The fourth-order valence-corrected chi connectivity index (χ4v) is 0.395. The third kappa shape index (κ3) is 5.34. The summed E-state index contributed by atoms with van der Waals surface area (Å²) in [5, 5.41) is 2.23. The zero-order chi connectivity index (χ0) is 7.82. The summed E-state index contributed by atoms with van der Waals surface area (Å²) in [6.45, 7) is 1.75. The molecular weight excluding hydrogens is 137 g/mol. The Kier molecular flexibility index (Phi) is 5.82. The monoisotopic (exact) mass is 149 g/mol. The smallest absolute Gasteiger partial charge is 0.407 e. The normalized spacial score (nSPS) is 9.00. The van der Waals surface area contributed by atoms with Crippen molar-refractivity contribution >= 4 is 6.09 Å². The van der Waals surface area contributed by atoms with E-state index in [0.29, 0.717) is 6.61 Å². The lowest BCUT2D eigenvalue weighted by atomic mass is 10.5. The molecule has 0 aliphatic heterocycles. The molecule has 0 heterocycles. The third-order valence-electron chi connectivity index (χ3n) is 0.801. The van der Waals surface area contributed by atoms with Gasteiger partial charge in [-0.25, -0.2) is 9.18 Å². The minimum Gasteiger partial charge on any atom is -0.450 e. The minimum absolute atomic E-state index is 0.0303. The molecule has 0 aliphatic carbocycles. The second kappa shape index (κ2) is 6.32. The molecule has 10 heavy (non-hydrogen) atoms. The van der Waals surface area contributed by atoms with E-state index in [1.807, 2.05) is 6.92 Å². The predicted molar refractivity (Wildman–Crippen MR) is 35.6 cm³/mol. The molecule has 0 aromatic heterocycles. The van der Waals surface area contributed by atoms with Crippen molar-refractivity contribution in [2.45, 2.75) is 13.3 Å². The Morgan fingerprint density at radius 1 is 1.70 bits per heavy atom. The number of hydrogen-bond acceptors (Lipinski definition) is 2. The summed E-state index contributed by atoms with van der Waals surface area (Å²) >= 11 is 0. The van der Waals surface area contributed by atoms with Gasteiger partial charge in [0.15, 0.2) is 0 Å². The first-order valence-electron chi connectivity index (χ1n) is 3.27. The fraction of sp³-hybridized carbons (Fsp3) is 0.833. The number of amides is 1. The van der Waals surface area contributed by atoms with Crippen molar-refractivity contribution in [2.75, 3.05) is 19.8 Å². The Bertz CT molecular complexity index is 87.7. The van der Waals surface area contributed by atoms with Crippen molar-refractivity contribution in [3.8, 4) is 0 Å². The van der Waals surface area contributed by atoms with Crippen molar-refractivity contribution in [1.29, 1.82) is 0 Å². The van der Waals surface area contributed by atoms with E-state index in [2.05, 4.69) is 10.1 Å². The van der Waals surface area contributed by atoms with Gasteiger partial charge in [-0.05, 0) is 6.42 Å². The van der Waals surface area contributed by atoms with Crippen LogP contribution < -0.4 is 5.32 Å². The van der Waals surface area contributed by atoms with Crippen molar-refractivity contribution in [2.24, 2.45) is 0 Å². The highest BCUT2D eigenvalue weighted by Crippen LogP contribution is 1.80. The number of halogens is 1. The third-order valence-corrected chi connectivity index (χ3v) is 0.801. The van der Waals surface area contributed by atoms with Gasteiger partial charge in [-0.2, -0.15) is 0 Å². The number of ether oxygens (including phenoxy) is 1. The van der Waals surface area contributed by atoms with Crippen LogP contribution in [0.4, 0.5) is 9.18 Å². The number of carbonyl (C=O) groups excluding carboxylic acids is 1. The van der Waals surface area contributed by atoms with E-state index in [-0.39, 0.29) is 6.54 Å². The molecule has 0 aliphatic rings. The second-order valence-corrected chi connectivity index (χ2v) is 1.75. The Hall–Kier alpha value is -0.800. The van der Waals surface area contributed by atoms with Crippen LogP contribution in [0.1, 0.15) is 13.3 Å². The van der Waals surface area contributed by atoms with E-state index in [1.54, 1.807) is 0 Å². The van der Waals surface area contributed by atoms with Gasteiger partial charge in [0.25, 0.3) is 0 Å². The molecule has 0 unspecified atom stereocenters. The number of alkyl carbamates (subject to hydrolysis) is 1. The molecule has 3 nitrogen and oxygen atoms in total. The van der Waals surface area contributed by atoms with Crippen LogP contribution in [0.3, 0.4) is 0 Å². The number of hydrogen-bond donors (Lipinski definition) is 1. The van der Waals surface area contributed by atoms with Gasteiger partial charge < -0.3 is 10.1 Å². The van der Waals surface area contributed by atoms with Crippen LogP contribution in [0.25, 0.3) is 0 Å². The van der Waals surface area contributed by atoms with Gasteiger partial charge in [0.2, 0.25) is 0 Å². The molecule has 0 saturated heterocycles. The maximum Gasteiger partial charge on any atom is 0.407 e. The summed E-state index contributed by atoms with van der Waals surface area (Å²) in [6.07, 6.45) is 0.239. The highest BCUT2D eigenvalue weighted by molar-refractivity contribution is 5.66. The van der Waals surface area contributed by atoms with E-state index < -0.39 is 12.8 Å². The van der Waals surface area contributed by atoms with Crippen molar-refractivity contribution in [3.05, 3.63) is 0 Å². The molecule has 0 saturated carbocycles. The molecule has 0 aromatic rings. The molecule has 0 spiro atoms. The van der Waals surface area contributed by atoms with Gasteiger partial charge in [-0.15, -0.1) is 0 Å². The van der Waals surface area contributed by atoms with E-state index in [9.17, 15) is 9.18 Å². The zero-order valence-electron chi connectivity index (χ0n) is 6.02. The Morgan fingerprint density at radius 2 is 2.40 bits per heavy atom. The number of rotatable bonds is 4. The van der Waals surface area contributed by atoms with Crippen molar-refractivity contribution in [1.82, 2.24) is 5.32 Å². The summed E-state index contributed by atoms with van der Waals surface area (Å²) in [5.74, 6) is 0. The largest absolute Gasteiger partial charge is 0.450 e. The first kappa shape index (κ1) is 9.20. The molecule has 0 rings (SSSR count). The maximum absolute atomic E-state index is 11.4. The second-order valence-electron chi connectivity index (χ2n) is 1.75. The Labute approximate surface area is 59.6 Å². The van der Waals surface area contributed by atoms with Crippen LogP contribution in [-0.4, -0.2) is 25.9 Å². The van der Waals surface area contributed by atoms with Crippen LogP contribution in [0.2, 0.25) is 0 Å². The molecular formula is C6H12FNO2. The first-order chi connectivity index (χ1) is 4.81. The standard InChI is InChI=1S/C6H12FNO2/c1-2-5-10-6(9)8-4-3-7/h2-5H2,1H3,(H,8,9). The van der Waals surface area contributed by atoms with E-state index in [1.165, 1.54) is 0 Å². The first-order valence-corrected chi connectivity index (χ1v) is 3.27. The van der Waals surface area contributed by atoms with Crippen LogP contribution in [0.15, 0.2) is 0 Å². The summed E-state index contributed by atoms with van der Waals surface area (Å²) in [5.41, 5.74) is 0. The van der Waals surface area contributed by atoms with E-state index >= 15 is 0 Å². The van der Waals surface area contributed by atoms with Crippen molar-refractivity contribution < 1.29 is 13.9 Å². The highest BCUT2D eigenvalue weighted by Gasteiger charge is 1.97. The SMILES string of the molecule is CCCOC(=O)NCCF. The van der Waals surface area contributed by atoms with Crippen LogP contribution in [0.5, 0.6) is 0 Å². The molecule has 1 amide bonds. The van der Waals surface area contributed by atoms with Gasteiger partial charge in [0.1, 0.15) is 6.67 Å². The molecule has 4 heteroatoms. The molecule has 0 bridgehead atoms. The van der Waals surface area contributed by atoms with Gasteiger partial charge in [-0.3, -0.25) is 0 Å². The molecule has 0 atom stereocenters.